The summed E-state index contributed by atoms with van der Waals surface area (Å²) in [5.74, 6) is 0.444. The molecule has 0 amide bonds. The van der Waals surface area contributed by atoms with Crippen molar-refractivity contribution in [2.24, 2.45) is 0 Å². The number of anilines is 1. The van der Waals surface area contributed by atoms with Gasteiger partial charge in [0.05, 0.1) is 0 Å². The van der Waals surface area contributed by atoms with Crippen LogP contribution < -0.4 is 10.1 Å². The molecule has 0 aromatic heterocycles. The molecule has 0 atom stereocenters. The highest BCUT2D eigenvalue weighted by molar-refractivity contribution is 5.59. The predicted octanol–water partition coefficient (Wildman–Crippen LogP) is 1.83. The molecule has 0 bridgehead atoms. The Bertz CT molecular complexity index is 648. The summed E-state index contributed by atoms with van der Waals surface area (Å²) in [5, 5.41) is 37.3. The second-order valence-electron chi connectivity index (χ2n) is 3.19. The van der Waals surface area contributed by atoms with Crippen molar-refractivity contribution in [3.8, 4) is 30.0 Å². The van der Waals surface area contributed by atoms with Crippen molar-refractivity contribution in [1.29, 1.82) is 21.0 Å². The second-order valence-corrected chi connectivity index (χ2v) is 3.19. The fraction of sp³-hybridized carbons (Fsp3) is 0.0769. The van der Waals surface area contributed by atoms with E-state index in [2.05, 4.69) is 5.32 Å². The van der Waals surface area contributed by atoms with Crippen LogP contribution in [0.15, 0.2) is 35.5 Å². The van der Waals surface area contributed by atoms with Gasteiger partial charge in [-0.1, -0.05) is 6.07 Å². The van der Waals surface area contributed by atoms with Crippen LogP contribution in [-0.4, -0.2) is 6.61 Å². The van der Waals surface area contributed by atoms with E-state index in [9.17, 15) is 0 Å². The summed E-state index contributed by atoms with van der Waals surface area (Å²) in [6, 6.07) is 13.3. The number of benzene rings is 1. The molecule has 0 fully saturated rings. The minimum Gasteiger partial charge on any atom is -0.479 e. The molecule has 0 aliphatic carbocycles. The summed E-state index contributed by atoms with van der Waals surface area (Å²) in [7, 11) is 0. The van der Waals surface area contributed by atoms with Gasteiger partial charge in [0.25, 0.3) is 0 Å². The Kier molecular flexibility index (Phi) is 4.98. The zero-order valence-corrected chi connectivity index (χ0v) is 9.71. The van der Waals surface area contributed by atoms with Gasteiger partial charge >= 0.3 is 0 Å². The standard InChI is InChI=1S/C13H7N5O/c14-4-5-19-12-3-1-2-11(6-12)18-13(9-17)10(7-15)8-16/h1-3,6,18H,5H2. The van der Waals surface area contributed by atoms with Crippen molar-refractivity contribution >= 4 is 5.69 Å². The molecule has 1 N–H and O–H groups in total. The minimum absolute atomic E-state index is 0.0912. The van der Waals surface area contributed by atoms with Gasteiger partial charge in [0.2, 0.25) is 0 Å². The minimum atomic E-state index is -0.300. The molecular formula is C13H7N5O. The largest absolute Gasteiger partial charge is 0.479 e. The van der Waals surface area contributed by atoms with Crippen molar-refractivity contribution < 1.29 is 4.74 Å². The van der Waals surface area contributed by atoms with Crippen LogP contribution in [0.3, 0.4) is 0 Å². The van der Waals surface area contributed by atoms with Gasteiger partial charge in [0.1, 0.15) is 35.7 Å². The topological polar surface area (TPSA) is 116 Å². The lowest BCUT2D eigenvalue weighted by Gasteiger charge is -2.07. The van der Waals surface area contributed by atoms with Crippen LogP contribution in [0.5, 0.6) is 5.75 Å². The van der Waals surface area contributed by atoms with Crippen LogP contribution in [0.1, 0.15) is 0 Å². The highest BCUT2D eigenvalue weighted by Gasteiger charge is 2.06. The first-order valence-electron chi connectivity index (χ1n) is 5.06. The summed E-state index contributed by atoms with van der Waals surface area (Å²) in [6.45, 7) is -0.0912. The molecule has 90 valence electrons. The third-order valence-corrected chi connectivity index (χ3v) is 1.99. The predicted molar refractivity (Wildman–Crippen MR) is 65.0 cm³/mol. The van der Waals surface area contributed by atoms with E-state index in [1.54, 1.807) is 42.5 Å². The van der Waals surface area contributed by atoms with Crippen LogP contribution in [0.4, 0.5) is 5.69 Å². The normalized spacial score (nSPS) is 8.00. The van der Waals surface area contributed by atoms with E-state index in [0.29, 0.717) is 11.4 Å². The fourth-order valence-electron chi connectivity index (χ4n) is 1.21. The molecule has 1 rings (SSSR count). The Morgan fingerprint density at radius 1 is 1.11 bits per heavy atom. The number of hydrogen-bond acceptors (Lipinski definition) is 6. The Morgan fingerprint density at radius 2 is 1.84 bits per heavy atom. The van der Waals surface area contributed by atoms with Gasteiger partial charge < -0.3 is 10.1 Å². The number of hydrogen-bond donors (Lipinski definition) is 1. The molecule has 19 heavy (non-hydrogen) atoms. The SMILES string of the molecule is N#CCOc1cccc(NC(C#N)=C(C#N)C#N)c1. The van der Waals surface area contributed by atoms with Gasteiger partial charge in [-0.2, -0.15) is 21.0 Å². The molecule has 0 radical (unpaired) electrons. The van der Waals surface area contributed by atoms with Crippen LogP contribution in [0.25, 0.3) is 0 Å². The zero-order valence-electron chi connectivity index (χ0n) is 9.71. The van der Waals surface area contributed by atoms with E-state index in [0.717, 1.165) is 0 Å². The Labute approximate surface area is 110 Å². The molecule has 1 aromatic rings. The van der Waals surface area contributed by atoms with E-state index in [-0.39, 0.29) is 17.9 Å². The maximum absolute atomic E-state index is 8.88. The van der Waals surface area contributed by atoms with Gasteiger partial charge in [0.15, 0.2) is 12.2 Å². The highest BCUT2D eigenvalue weighted by Crippen LogP contribution is 2.19. The van der Waals surface area contributed by atoms with E-state index in [1.807, 2.05) is 6.07 Å². The van der Waals surface area contributed by atoms with Crippen molar-refractivity contribution in [1.82, 2.24) is 0 Å². The van der Waals surface area contributed by atoms with E-state index in [4.69, 9.17) is 25.8 Å². The number of ether oxygens (including phenoxy) is 1. The monoisotopic (exact) mass is 249 g/mol. The first kappa shape index (κ1) is 13.6. The molecule has 0 saturated carbocycles. The lowest BCUT2D eigenvalue weighted by atomic mass is 10.2. The maximum Gasteiger partial charge on any atom is 0.174 e. The number of nitriles is 4. The molecule has 0 aliphatic heterocycles. The van der Waals surface area contributed by atoms with Crippen LogP contribution in [-0.2, 0) is 0 Å². The molecule has 0 aliphatic rings. The van der Waals surface area contributed by atoms with Crippen molar-refractivity contribution in [3.63, 3.8) is 0 Å². The molecule has 1 aromatic carbocycles. The number of rotatable bonds is 4. The van der Waals surface area contributed by atoms with Crippen molar-refractivity contribution in [2.75, 3.05) is 11.9 Å². The third-order valence-electron chi connectivity index (χ3n) is 1.99. The van der Waals surface area contributed by atoms with Crippen molar-refractivity contribution in [3.05, 3.63) is 35.5 Å². The van der Waals surface area contributed by atoms with Crippen LogP contribution in [0, 0.1) is 45.3 Å². The van der Waals surface area contributed by atoms with Gasteiger partial charge in [0, 0.05) is 11.8 Å². The van der Waals surface area contributed by atoms with E-state index in [1.165, 1.54) is 0 Å². The van der Waals surface area contributed by atoms with Crippen LogP contribution >= 0.6 is 0 Å². The number of allylic oxidation sites excluding steroid dienone is 2. The maximum atomic E-state index is 8.88. The first-order chi connectivity index (χ1) is 9.24. The Hall–Kier alpha value is -3.48. The average molecular weight is 249 g/mol. The van der Waals surface area contributed by atoms with E-state index < -0.39 is 0 Å². The molecule has 0 saturated heterocycles. The lowest BCUT2D eigenvalue weighted by Crippen LogP contribution is -2.01. The first-order valence-corrected chi connectivity index (χ1v) is 5.06. The van der Waals surface area contributed by atoms with Gasteiger partial charge in [-0.15, -0.1) is 0 Å². The molecule has 0 heterocycles. The van der Waals surface area contributed by atoms with Crippen molar-refractivity contribution in [2.45, 2.75) is 0 Å². The smallest absolute Gasteiger partial charge is 0.174 e. The molecular weight excluding hydrogens is 242 g/mol. The quantitative estimate of drug-likeness (QED) is 0.813. The third kappa shape index (κ3) is 3.79. The Morgan fingerprint density at radius 3 is 2.42 bits per heavy atom. The second kappa shape index (κ2) is 6.97. The highest BCUT2D eigenvalue weighted by atomic mass is 16.5. The summed E-state index contributed by atoms with van der Waals surface area (Å²) in [4.78, 5) is 0. The summed E-state index contributed by atoms with van der Waals surface area (Å²) < 4.78 is 5.09. The summed E-state index contributed by atoms with van der Waals surface area (Å²) >= 11 is 0. The number of nitrogens with zero attached hydrogens (tertiary/aromatic N) is 4. The lowest BCUT2D eigenvalue weighted by molar-refractivity contribution is 0.368. The molecule has 6 heteroatoms. The zero-order chi connectivity index (χ0) is 14.1. The van der Waals surface area contributed by atoms with Gasteiger partial charge in [-0.3, -0.25) is 0 Å². The van der Waals surface area contributed by atoms with Gasteiger partial charge in [-0.25, -0.2) is 0 Å². The number of nitrogens with one attached hydrogen (secondary N) is 1. The van der Waals surface area contributed by atoms with Crippen LogP contribution in [0.2, 0.25) is 0 Å². The molecule has 6 nitrogen and oxygen atoms in total. The average Bonchev–Trinajstić information content (AvgIpc) is 2.45. The molecule has 0 unspecified atom stereocenters. The summed E-state index contributed by atoms with van der Waals surface area (Å²) in [6.07, 6.45) is 0. The molecule has 0 spiro atoms. The van der Waals surface area contributed by atoms with Gasteiger partial charge in [-0.05, 0) is 12.1 Å². The Balaban J connectivity index is 2.98. The summed E-state index contributed by atoms with van der Waals surface area (Å²) in [5.41, 5.74) is 0.0447. The van der Waals surface area contributed by atoms with E-state index >= 15 is 0 Å². The fourth-order valence-corrected chi connectivity index (χ4v) is 1.21.